The number of nitrogens with one attached hydrogen (secondary N) is 1. The standard InChI is InChI=1S/C19H19BrN2O2/c1-12-7-8-13(2)14(9-12)11-22-17(23)19(3,21-18(22)24)15-5-4-6-16(20)10-15/h4-10H,11H2,1-3H3,(H,21,24). The van der Waals surface area contributed by atoms with Gasteiger partial charge in [-0.25, -0.2) is 4.79 Å². The van der Waals surface area contributed by atoms with Gasteiger partial charge < -0.3 is 5.32 Å². The summed E-state index contributed by atoms with van der Waals surface area (Å²) in [4.78, 5) is 26.7. The zero-order valence-corrected chi connectivity index (χ0v) is 15.5. The van der Waals surface area contributed by atoms with Gasteiger partial charge in [0.2, 0.25) is 0 Å². The molecule has 1 N–H and O–H groups in total. The monoisotopic (exact) mass is 386 g/mol. The molecule has 124 valence electrons. The van der Waals surface area contributed by atoms with Gasteiger partial charge in [0, 0.05) is 4.47 Å². The van der Waals surface area contributed by atoms with Crippen LogP contribution in [0.3, 0.4) is 0 Å². The van der Waals surface area contributed by atoms with Gasteiger partial charge in [-0.1, -0.05) is 51.8 Å². The molecule has 0 saturated carbocycles. The molecule has 24 heavy (non-hydrogen) atoms. The van der Waals surface area contributed by atoms with E-state index in [2.05, 4.69) is 21.2 Å². The number of hydrogen-bond donors (Lipinski definition) is 1. The highest BCUT2D eigenvalue weighted by Crippen LogP contribution is 2.31. The first-order valence-electron chi connectivity index (χ1n) is 7.77. The summed E-state index contributed by atoms with van der Waals surface area (Å²) in [7, 11) is 0. The number of aryl methyl sites for hydroxylation is 2. The second-order valence-electron chi connectivity index (χ2n) is 6.39. The zero-order chi connectivity index (χ0) is 17.5. The van der Waals surface area contributed by atoms with Gasteiger partial charge in [0.15, 0.2) is 0 Å². The minimum atomic E-state index is -1.04. The molecule has 1 unspecified atom stereocenters. The number of amides is 3. The van der Waals surface area contributed by atoms with Crippen LogP contribution in [0.25, 0.3) is 0 Å². The number of urea groups is 1. The molecule has 0 aliphatic carbocycles. The molecule has 4 nitrogen and oxygen atoms in total. The van der Waals surface area contributed by atoms with Gasteiger partial charge in [-0.15, -0.1) is 0 Å². The lowest BCUT2D eigenvalue weighted by Crippen LogP contribution is -2.40. The van der Waals surface area contributed by atoms with Crippen molar-refractivity contribution < 1.29 is 9.59 Å². The molecule has 1 aliphatic rings. The molecule has 2 aromatic rings. The molecule has 0 bridgehead atoms. The summed E-state index contributed by atoms with van der Waals surface area (Å²) in [5, 5.41) is 2.84. The van der Waals surface area contributed by atoms with Crippen LogP contribution in [0.1, 0.15) is 29.2 Å². The van der Waals surface area contributed by atoms with E-state index in [0.29, 0.717) is 0 Å². The Morgan fingerprint density at radius 3 is 2.58 bits per heavy atom. The average Bonchev–Trinajstić information content (AvgIpc) is 2.75. The lowest BCUT2D eigenvalue weighted by molar-refractivity contribution is -0.131. The summed E-state index contributed by atoms with van der Waals surface area (Å²) in [6.07, 6.45) is 0. The summed E-state index contributed by atoms with van der Waals surface area (Å²) < 4.78 is 0.872. The molecule has 0 spiro atoms. The van der Waals surface area contributed by atoms with Crippen molar-refractivity contribution in [2.24, 2.45) is 0 Å². The largest absolute Gasteiger partial charge is 0.325 e. The molecule has 0 radical (unpaired) electrons. The zero-order valence-electron chi connectivity index (χ0n) is 13.9. The lowest BCUT2D eigenvalue weighted by Gasteiger charge is -2.22. The predicted molar refractivity (Wildman–Crippen MR) is 96.5 cm³/mol. The van der Waals surface area contributed by atoms with E-state index in [0.717, 1.165) is 26.7 Å². The van der Waals surface area contributed by atoms with Gasteiger partial charge in [-0.3, -0.25) is 9.69 Å². The van der Waals surface area contributed by atoms with Gasteiger partial charge in [0.25, 0.3) is 5.91 Å². The van der Waals surface area contributed by atoms with Crippen LogP contribution in [-0.2, 0) is 16.9 Å². The molecule has 1 aliphatic heterocycles. The molecule has 1 heterocycles. The average molecular weight is 387 g/mol. The number of halogens is 1. The van der Waals surface area contributed by atoms with Crippen LogP contribution in [0.5, 0.6) is 0 Å². The van der Waals surface area contributed by atoms with Crippen LogP contribution in [0.15, 0.2) is 46.9 Å². The van der Waals surface area contributed by atoms with E-state index in [-0.39, 0.29) is 18.5 Å². The highest BCUT2D eigenvalue weighted by atomic mass is 79.9. The first-order chi connectivity index (χ1) is 11.3. The summed E-state index contributed by atoms with van der Waals surface area (Å²) in [5.41, 5.74) is 2.88. The highest BCUT2D eigenvalue weighted by molar-refractivity contribution is 9.10. The second kappa shape index (κ2) is 6.06. The van der Waals surface area contributed by atoms with Crippen LogP contribution in [0, 0.1) is 13.8 Å². The number of nitrogens with zero attached hydrogens (tertiary/aromatic N) is 1. The van der Waals surface area contributed by atoms with Crippen LogP contribution in [0.2, 0.25) is 0 Å². The van der Waals surface area contributed by atoms with E-state index in [1.165, 1.54) is 4.90 Å². The van der Waals surface area contributed by atoms with Gasteiger partial charge in [-0.2, -0.15) is 0 Å². The molecule has 3 amide bonds. The Balaban J connectivity index is 1.93. The first kappa shape index (κ1) is 16.7. The fourth-order valence-electron chi connectivity index (χ4n) is 2.98. The van der Waals surface area contributed by atoms with Crippen LogP contribution >= 0.6 is 15.9 Å². The van der Waals surface area contributed by atoms with Gasteiger partial charge in [-0.05, 0) is 49.6 Å². The summed E-state index contributed by atoms with van der Waals surface area (Å²) in [5.74, 6) is -0.230. The van der Waals surface area contributed by atoms with E-state index in [9.17, 15) is 9.59 Å². The third-order valence-electron chi connectivity index (χ3n) is 4.51. The third-order valence-corrected chi connectivity index (χ3v) is 5.00. The fourth-order valence-corrected chi connectivity index (χ4v) is 3.38. The maximum Gasteiger partial charge on any atom is 0.325 e. The molecule has 1 saturated heterocycles. The fraction of sp³-hybridized carbons (Fsp3) is 0.263. The van der Waals surface area contributed by atoms with E-state index >= 15 is 0 Å². The topological polar surface area (TPSA) is 49.4 Å². The number of rotatable bonds is 3. The quantitative estimate of drug-likeness (QED) is 0.809. The van der Waals surface area contributed by atoms with Crippen molar-refractivity contribution in [2.45, 2.75) is 32.9 Å². The Kier molecular flexibility index (Phi) is 4.22. The predicted octanol–water partition coefficient (Wildman–Crippen LogP) is 4.03. The van der Waals surface area contributed by atoms with Crippen LogP contribution in [-0.4, -0.2) is 16.8 Å². The lowest BCUT2D eigenvalue weighted by atomic mass is 9.92. The highest BCUT2D eigenvalue weighted by Gasteiger charge is 2.48. The first-order valence-corrected chi connectivity index (χ1v) is 8.57. The van der Waals surface area contributed by atoms with Crippen molar-refractivity contribution in [1.29, 1.82) is 0 Å². The summed E-state index contributed by atoms with van der Waals surface area (Å²) in [6, 6.07) is 13.2. The molecular formula is C19H19BrN2O2. The number of benzene rings is 2. The Morgan fingerprint density at radius 2 is 1.88 bits per heavy atom. The van der Waals surface area contributed by atoms with Crippen molar-refractivity contribution in [2.75, 3.05) is 0 Å². The molecule has 1 fully saturated rings. The molecule has 2 aromatic carbocycles. The van der Waals surface area contributed by atoms with Crippen molar-refractivity contribution in [1.82, 2.24) is 10.2 Å². The summed E-state index contributed by atoms with van der Waals surface area (Å²) >= 11 is 3.42. The third kappa shape index (κ3) is 2.84. The Morgan fingerprint density at radius 1 is 1.12 bits per heavy atom. The van der Waals surface area contributed by atoms with E-state index < -0.39 is 5.54 Å². The normalized spacial score (nSPS) is 20.4. The van der Waals surface area contributed by atoms with Crippen LogP contribution < -0.4 is 5.32 Å². The molecular weight excluding hydrogens is 368 g/mol. The molecule has 1 atom stereocenters. The van der Waals surface area contributed by atoms with Crippen LogP contribution in [0.4, 0.5) is 4.79 Å². The van der Waals surface area contributed by atoms with Crippen molar-refractivity contribution in [3.63, 3.8) is 0 Å². The minimum Gasteiger partial charge on any atom is -0.319 e. The van der Waals surface area contributed by atoms with Crippen molar-refractivity contribution in [3.05, 3.63) is 69.2 Å². The van der Waals surface area contributed by atoms with Gasteiger partial charge >= 0.3 is 6.03 Å². The van der Waals surface area contributed by atoms with Crippen molar-refractivity contribution >= 4 is 27.9 Å². The smallest absolute Gasteiger partial charge is 0.319 e. The number of imide groups is 1. The molecule has 5 heteroatoms. The number of carbonyl (C=O) groups is 2. The summed E-state index contributed by atoms with van der Waals surface area (Å²) in [6.45, 7) is 6.01. The van der Waals surface area contributed by atoms with E-state index in [1.807, 2.05) is 56.3 Å². The maximum absolute atomic E-state index is 13.0. The molecule has 0 aromatic heterocycles. The van der Waals surface area contributed by atoms with E-state index in [4.69, 9.17) is 0 Å². The Labute approximate surface area is 150 Å². The Hall–Kier alpha value is -2.14. The SMILES string of the molecule is Cc1ccc(C)c(CN2C(=O)NC(C)(c3cccc(Br)c3)C2=O)c1. The maximum atomic E-state index is 13.0. The Bertz CT molecular complexity index is 834. The van der Waals surface area contributed by atoms with Gasteiger partial charge in [0.05, 0.1) is 6.54 Å². The number of carbonyl (C=O) groups excluding carboxylic acids is 2. The van der Waals surface area contributed by atoms with Gasteiger partial charge in [0.1, 0.15) is 5.54 Å². The second-order valence-corrected chi connectivity index (χ2v) is 7.30. The van der Waals surface area contributed by atoms with Crippen molar-refractivity contribution in [3.8, 4) is 0 Å². The molecule has 3 rings (SSSR count). The minimum absolute atomic E-state index is 0.230. The van der Waals surface area contributed by atoms with E-state index in [1.54, 1.807) is 6.92 Å². The number of hydrogen-bond acceptors (Lipinski definition) is 2.